The lowest BCUT2D eigenvalue weighted by Gasteiger charge is -2.23. The highest BCUT2D eigenvalue weighted by atomic mass is 16.5. The number of amides is 2. The van der Waals surface area contributed by atoms with Crippen LogP contribution in [0.15, 0.2) is 36.4 Å². The van der Waals surface area contributed by atoms with Gasteiger partial charge in [0.2, 0.25) is 17.6 Å². The second-order valence-corrected chi connectivity index (χ2v) is 8.03. The first kappa shape index (κ1) is 25.9. The molecule has 188 valence electrons. The van der Waals surface area contributed by atoms with Gasteiger partial charge in [-0.2, -0.15) is 0 Å². The number of ether oxygens (including phenoxy) is 3. The summed E-state index contributed by atoms with van der Waals surface area (Å²) in [7, 11) is 0. The number of hydrogen-bond donors (Lipinski definition) is 3. The number of fused-ring (bicyclic) bond motifs is 1. The van der Waals surface area contributed by atoms with Crippen molar-refractivity contribution in [1.29, 1.82) is 0 Å². The summed E-state index contributed by atoms with van der Waals surface area (Å²) in [4.78, 5) is 34.0. The van der Waals surface area contributed by atoms with E-state index in [-0.39, 0.29) is 11.8 Å². The van der Waals surface area contributed by atoms with Gasteiger partial charge in [-0.1, -0.05) is 32.4 Å². The SMILES string of the molecule is CCOc1cc(C(=O)NC(C(=O)Nc2nc3ccccc3[nH]2)C(C)CC)cc(OCC)c1OCC. The van der Waals surface area contributed by atoms with Crippen LogP contribution in [-0.2, 0) is 4.79 Å². The maximum atomic E-state index is 13.3. The third-order valence-electron chi connectivity index (χ3n) is 5.58. The fourth-order valence-corrected chi connectivity index (χ4v) is 3.65. The molecule has 2 unspecified atom stereocenters. The molecule has 3 rings (SSSR count). The van der Waals surface area contributed by atoms with Crippen molar-refractivity contribution in [2.75, 3.05) is 25.1 Å². The number of nitrogens with one attached hydrogen (secondary N) is 3. The number of aromatic amines is 1. The molecule has 0 saturated heterocycles. The average molecular weight is 483 g/mol. The average Bonchev–Trinajstić information content (AvgIpc) is 3.26. The number of benzene rings is 2. The van der Waals surface area contributed by atoms with Crippen molar-refractivity contribution in [2.45, 2.75) is 47.1 Å². The van der Waals surface area contributed by atoms with Crippen LogP contribution in [0.3, 0.4) is 0 Å². The van der Waals surface area contributed by atoms with Gasteiger partial charge in [0, 0.05) is 5.56 Å². The summed E-state index contributed by atoms with van der Waals surface area (Å²) in [5.41, 5.74) is 1.87. The van der Waals surface area contributed by atoms with Crippen molar-refractivity contribution >= 4 is 28.8 Å². The zero-order valence-electron chi connectivity index (χ0n) is 20.9. The van der Waals surface area contributed by atoms with Crippen LogP contribution < -0.4 is 24.8 Å². The Kier molecular flexibility index (Phi) is 8.94. The lowest BCUT2D eigenvalue weighted by Crippen LogP contribution is -2.47. The molecule has 1 aromatic heterocycles. The number of carbonyl (C=O) groups is 2. The normalized spacial score (nSPS) is 12.6. The molecule has 0 bridgehead atoms. The molecule has 0 radical (unpaired) electrons. The first-order valence-electron chi connectivity index (χ1n) is 12.0. The summed E-state index contributed by atoms with van der Waals surface area (Å²) in [5.74, 6) is 0.719. The molecule has 2 amide bonds. The molecular weight excluding hydrogens is 448 g/mol. The molecule has 0 fully saturated rings. The van der Waals surface area contributed by atoms with E-state index >= 15 is 0 Å². The van der Waals surface area contributed by atoms with Crippen LogP contribution >= 0.6 is 0 Å². The largest absolute Gasteiger partial charge is 0.490 e. The van der Waals surface area contributed by atoms with Crippen molar-refractivity contribution in [1.82, 2.24) is 15.3 Å². The molecule has 0 aliphatic carbocycles. The van der Waals surface area contributed by atoms with Gasteiger partial charge in [-0.3, -0.25) is 14.9 Å². The van der Waals surface area contributed by atoms with E-state index in [2.05, 4.69) is 20.6 Å². The maximum absolute atomic E-state index is 13.3. The summed E-state index contributed by atoms with van der Waals surface area (Å²) in [6.45, 7) is 10.7. The Morgan fingerprint density at radius 3 is 2.17 bits per heavy atom. The number of anilines is 1. The first-order valence-corrected chi connectivity index (χ1v) is 12.0. The van der Waals surface area contributed by atoms with Crippen molar-refractivity contribution in [3.8, 4) is 17.2 Å². The number of hydrogen-bond acceptors (Lipinski definition) is 6. The minimum atomic E-state index is -0.779. The third kappa shape index (κ3) is 6.23. The zero-order chi connectivity index (χ0) is 25.4. The number of H-pyrrole nitrogens is 1. The van der Waals surface area contributed by atoms with Crippen LogP contribution in [0.1, 0.15) is 51.4 Å². The van der Waals surface area contributed by atoms with Crippen molar-refractivity contribution in [3.05, 3.63) is 42.0 Å². The molecular formula is C26H34N4O5. The lowest BCUT2D eigenvalue weighted by molar-refractivity contribution is -0.119. The van der Waals surface area contributed by atoms with E-state index in [1.165, 1.54) is 0 Å². The molecule has 9 heteroatoms. The van der Waals surface area contributed by atoms with E-state index in [0.29, 0.717) is 55.0 Å². The Morgan fingerprint density at radius 1 is 0.971 bits per heavy atom. The van der Waals surface area contributed by atoms with E-state index in [0.717, 1.165) is 11.0 Å². The minimum absolute atomic E-state index is 0.122. The Bertz CT molecular complexity index is 1100. The summed E-state index contributed by atoms with van der Waals surface area (Å²) in [5, 5.41) is 5.69. The van der Waals surface area contributed by atoms with E-state index in [1.807, 2.05) is 58.9 Å². The summed E-state index contributed by atoms with van der Waals surface area (Å²) in [6.07, 6.45) is 0.691. The van der Waals surface area contributed by atoms with Gasteiger partial charge in [0.15, 0.2) is 11.5 Å². The Balaban J connectivity index is 1.86. The van der Waals surface area contributed by atoms with Gasteiger partial charge in [-0.15, -0.1) is 0 Å². The monoisotopic (exact) mass is 482 g/mol. The Hall–Kier alpha value is -3.75. The van der Waals surface area contributed by atoms with Gasteiger partial charge in [0.25, 0.3) is 5.91 Å². The Labute approximate surface area is 205 Å². The molecule has 1 heterocycles. The molecule has 35 heavy (non-hydrogen) atoms. The predicted molar refractivity (Wildman–Crippen MR) is 135 cm³/mol. The fraction of sp³-hybridized carbons (Fsp3) is 0.423. The number of para-hydroxylation sites is 2. The number of aromatic nitrogens is 2. The van der Waals surface area contributed by atoms with Crippen LogP contribution in [-0.4, -0.2) is 47.6 Å². The molecule has 0 aliphatic rings. The van der Waals surface area contributed by atoms with Gasteiger partial charge in [0.1, 0.15) is 6.04 Å². The molecule has 0 saturated carbocycles. The summed E-state index contributed by atoms with van der Waals surface area (Å²) >= 11 is 0. The van der Waals surface area contributed by atoms with E-state index in [9.17, 15) is 9.59 Å². The Morgan fingerprint density at radius 2 is 1.60 bits per heavy atom. The second kappa shape index (κ2) is 12.1. The van der Waals surface area contributed by atoms with Crippen molar-refractivity contribution < 1.29 is 23.8 Å². The molecule has 3 aromatic rings. The van der Waals surface area contributed by atoms with Crippen LogP contribution in [0.5, 0.6) is 17.2 Å². The van der Waals surface area contributed by atoms with Crippen LogP contribution in [0.25, 0.3) is 11.0 Å². The molecule has 2 atom stereocenters. The second-order valence-electron chi connectivity index (χ2n) is 8.03. The zero-order valence-corrected chi connectivity index (χ0v) is 20.9. The van der Waals surface area contributed by atoms with Crippen LogP contribution in [0.2, 0.25) is 0 Å². The smallest absolute Gasteiger partial charge is 0.252 e. The van der Waals surface area contributed by atoms with Gasteiger partial charge in [-0.25, -0.2) is 4.98 Å². The van der Waals surface area contributed by atoms with Gasteiger partial charge in [0.05, 0.1) is 30.9 Å². The first-order chi connectivity index (χ1) is 16.9. The maximum Gasteiger partial charge on any atom is 0.252 e. The van der Waals surface area contributed by atoms with E-state index in [4.69, 9.17) is 14.2 Å². The van der Waals surface area contributed by atoms with Crippen LogP contribution in [0.4, 0.5) is 5.95 Å². The third-order valence-corrected chi connectivity index (χ3v) is 5.58. The van der Waals surface area contributed by atoms with Gasteiger partial charge < -0.3 is 24.5 Å². The standard InChI is InChI=1S/C26H34N4O5/c1-6-16(5)22(25(32)30-26-27-18-12-10-11-13-19(18)28-26)29-24(31)17-14-20(33-7-2)23(35-9-4)21(15-17)34-8-3/h10-16,22H,6-9H2,1-5H3,(H,29,31)(H2,27,28,30,32). The highest BCUT2D eigenvalue weighted by Gasteiger charge is 2.28. The number of nitrogens with zero attached hydrogens (tertiary/aromatic N) is 1. The number of carbonyl (C=O) groups excluding carboxylic acids is 2. The predicted octanol–water partition coefficient (Wildman–Crippen LogP) is 4.54. The topological polar surface area (TPSA) is 115 Å². The van der Waals surface area contributed by atoms with E-state index < -0.39 is 11.9 Å². The van der Waals surface area contributed by atoms with Crippen molar-refractivity contribution in [3.63, 3.8) is 0 Å². The molecule has 0 spiro atoms. The van der Waals surface area contributed by atoms with E-state index in [1.54, 1.807) is 12.1 Å². The lowest BCUT2D eigenvalue weighted by atomic mass is 9.98. The van der Waals surface area contributed by atoms with Crippen LogP contribution in [0, 0.1) is 5.92 Å². The molecule has 9 nitrogen and oxygen atoms in total. The quantitative estimate of drug-likeness (QED) is 0.349. The number of imidazole rings is 1. The highest BCUT2D eigenvalue weighted by Crippen LogP contribution is 2.39. The molecule has 0 aliphatic heterocycles. The minimum Gasteiger partial charge on any atom is -0.490 e. The summed E-state index contributed by atoms with van der Waals surface area (Å²) in [6, 6.07) is 9.93. The fourth-order valence-electron chi connectivity index (χ4n) is 3.65. The summed E-state index contributed by atoms with van der Waals surface area (Å²) < 4.78 is 17.2. The number of rotatable bonds is 12. The van der Waals surface area contributed by atoms with Gasteiger partial charge in [-0.05, 0) is 51.0 Å². The molecule has 3 N–H and O–H groups in total. The molecule has 2 aromatic carbocycles. The van der Waals surface area contributed by atoms with Crippen molar-refractivity contribution in [2.24, 2.45) is 5.92 Å². The van der Waals surface area contributed by atoms with Gasteiger partial charge >= 0.3 is 0 Å². The highest BCUT2D eigenvalue weighted by molar-refractivity contribution is 6.01.